The van der Waals surface area contributed by atoms with Gasteiger partial charge in [-0.05, 0) is 19.9 Å². The van der Waals surface area contributed by atoms with Crippen LogP contribution in [0, 0.1) is 13.8 Å². The molecule has 0 N–H and O–H groups in total. The second kappa shape index (κ2) is 3.65. The van der Waals surface area contributed by atoms with Gasteiger partial charge in [0.05, 0.1) is 6.54 Å². The van der Waals surface area contributed by atoms with E-state index >= 15 is 0 Å². The van der Waals surface area contributed by atoms with Crippen LogP contribution in [0.2, 0.25) is 0 Å². The number of hydrogen-bond donors (Lipinski definition) is 0. The van der Waals surface area contributed by atoms with Gasteiger partial charge in [0.25, 0.3) is 0 Å². The average Bonchev–Trinajstić information content (AvgIpc) is 2.91. The van der Waals surface area contributed by atoms with Crippen molar-refractivity contribution in [1.29, 1.82) is 0 Å². The Morgan fingerprint density at radius 2 is 1.94 bits per heavy atom. The number of aryl methyl sites for hydroxylation is 2. The van der Waals surface area contributed by atoms with Gasteiger partial charge < -0.3 is 4.57 Å². The molecule has 1 aliphatic heterocycles. The molecule has 0 aromatic carbocycles. The van der Waals surface area contributed by atoms with Crippen LogP contribution in [-0.2, 0) is 6.54 Å². The number of nitrogens with zero attached hydrogens (tertiary/aromatic N) is 6. The first-order valence-electron chi connectivity index (χ1n) is 5.33. The highest BCUT2D eigenvalue weighted by Gasteiger charge is 2.15. The minimum Gasteiger partial charge on any atom is -0.311 e. The SMILES string of the molecule is Cc1nnc(C)n1Cc1ccnc2c1[N]C=N2. The molecule has 0 spiro atoms. The molecule has 6 heteroatoms. The van der Waals surface area contributed by atoms with Crippen LogP contribution in [-0.4, -0.2) is 26.1 Å². The minimum absolute atomic E-state index is 0.686. The third-order valence-electron chi connectivity index (χ3n) is 2.80. The number of pyridine rings is 1. The fourth-order valence-electron chi connectivity index (χ4n) is 1.87. The van der Waals surface area contributed by atoms with Crippen LogP contribution in [0.4, 0.5) is 11.5 Å². The quantitative estimate of drug-likeness (QED) is 0.775. The van der Waals surface area contributed by atoms with Gasteiger partial charge in [-0.3, -0.25) is 0 Å². The van der Waals surface area contributed by atoms with Crippen molar-refractivity contribution in [3.8, 4) is 0 Å². The summed E-state index contributed by atoms with van der Waals surface area (Å²) >= 11 is 0. The Morgan fingerprint density at radius 1 is 1.18 bits per heavy atom. The van der Waals surface area contributed by atoms with E-state index in [1.807, 2.05) is 24.5 Å². The first-order chi connectivity index (χ1) is 8.25. The van der Waals surface area contributed by atoms with E-state index in [4.69, 9.17) is 0 Å². The zero-order chi connectivity index (χ0) is 11.8. The molecule has 0 unspecified atom stereocenters. The van der Waals surface area contributed by atoms with E-state index in [1.165, 1.54) is 6.34 Å². The largest absolute Gasteiger partial charge is 0.311 e. The molecule has 1 radical (unpaired) electrons. The second-order valence-corrected chi connectivity index (χ2v) is 3.90. The lowest BCUT2D eigenvalue weighted by molar-refractivity contribution is 0.733. The van der Waals surface area contributed by atoms with E-state index < -0.39 is 0 Å². The summed E-state index contributed by atoms with van der Waals surface area (Å²) in [5.41, 5.74) is 1.93. The third-order valence-corrected chi connectivity index (χ3v) is 2.80. The van der Waals surface area contributed by atoms with Crippen LogP contribution in [0.3, 0.4) is 0 Å². The van der Waals surface area contributed by atoms with Crippen molar-refractivity contribution in [2.24, 2.45) is 4.99 Å². The summed E-state index contributed by atoms with van der Waals surface area (Å²) in [6.07, 6.45) is 3.29. The van der Waals surface area contributed by atoms with Gasteiger partial charge >= 0.3 is 0 Å². The summed E-state index contributed by atoms with van der Waals surface area (Å²) < 4.78 is 2.05. The third kappa shape index (κ3) is 1.57. The maximum atomic E-state index is 4.23. The first kappa shape index (κ1) is 9.95. The van der Waals surface area contributed by atoms with Crippen LogP contribution < -0.4 is 5.32 Å². The van der Waals surface area contributed by atoms with E-state index in [-0.39, 0.29) is 0 Å². The first-order valence-corrected chi connectivity index (χ1v) is 5.33. The molecule has 85 valence electrons. The highest BCUT2D eigenvalue weighted by Crippen LogP contribution is 2.30. The molecule has 0 bridgehead atoms. The molecule has 0 aliphatic carbocycles. The van der Waals surface area contributed by atoms with Crippen molar-refractivity contribution in [3.63, 3.8) is 0 Å². The molecule has 1 aliphatic rings. The zero-order valence-electron chi connectivity index (χ0n) is 9.62. The van der Waals surface area contributed by atoms with Gasteiger partial charge in [0, 0.05) is 11.8 Å². The highest BCUT2D eigenvalue weighted by molar-refractivity contribution is 5.81. The Kier molecular flexibility index (Phi) is 2.14. The van der Waals surface area contributed by atoms with E-state index in [0.717, 1.165) is 22.9 Å². The Morgan fingerprint density at radius 3 is 2.71 bits per heavy atom. The monoisotopic (exact) mass is 227 g/mol. The van der Waals surface area contributed by atoms with E-state index in [9.17, 15) is 0 Å². The number of aliphatic imine (C=N–C) groups is 1. The summed E-state index contributed by atoms with van der Waals surface area (Å²) in [5, 5.41) is 12.3. The Hall–Kier alpha value is -2.24. The highest BCUT2D eigenvalue weighted by atomic mass is 15.3. The molecule has 2 aromatic heterocycles. The molecule has 3 rings (SSSR count). The predicted molar refractivity (Wildman–Crippen MR) is 62.8 cm³/mol. The average molecular weight is 227 g/mol. The maximum absolute atomic E-state index is 4.23. The van der Waals surface area contributed by atoms with E-state index in [0.29, 0.717) is 12.4 Å². The lowest BCUT2D eigenvalue weighted by Gasteiger charge is -2.09. The van der Waals surface area contributed by atoms with Crippen LogP contribution in [0.15, 0.2) is 17.3 Å². The van der Waals surface area contributed by atoms with Crippen LogP contribution in [0.5, 0.6) is 0 Å². The Labute approximate surface area is 98.4 Å². The summed E-state index contributed by atoms with van der Waals surface area (Å²) in [5.74, 6) is 2.48. The molecule has 17 heavy (non-hydrogen) atoms. The smallest absolute Gasteiger partial charge is 0.180 e. The van der Waals surface area contributed by atoms with Crippen LogP contribution >= 0.6 is 0 Å². The van der Waals surface area contributed by atoms with Crippen molar-refractivity contribution in [1.82, 2.24) is 25.1 Å². The minimum atomic E-state index is 0.686. The predicted octanol–water partition coefficient (Wildman–Crippen LogP) is 1.25. The van der Waals surface area contributed by atoms with Crippen molar-refractivity contribution in [2.45, 2.75) is 20.4 Å². The van der Waals surface area contributed by atoms with Gasteiger partial charge in [0.2, 0.25) is 0 Å². The van der Waals surface area contributed by atoms with Gasteiger partial charge in [0.1, 0.15) is 23.7 Å². The number of aromatic nitrogens is 4. The summed E-state index contributed by atoms with van der Waals surface area (Å²) in [6, 6.07) is 1.95. The van der Waals surface area contributed by atoms with Gasteiger partial charge in [0.15, 0.2) is 5.82 Å². The summed E-state index contributed by atoms with van der Waals surface area (Å²) in [7, 11) is 0. The second-order valence-electron chi connectivity index (χ2n) is 3.90. The van der Waals surface area contributed by atoms with E-state index in [1.54, 1.807) is 6.20 Å². The number of fused-ring (bicyclic) bond motifs is 1. The molecule has 0 amide bonds. The summed E-state index contributed by atoms with van der Waals surface area (Å²) in [4.78, 5) is 8.25. The molecule has 0 fully saturated rings. The van der Waals surface area contributed by atoms with Gasteiger partial charge in [-0.2, -0.15) is 0 Å². The number of rotatable bonds is 2. The van der Waals surface area contributed by atoms with E-state index in [2.05, 4.69) is 25.5 Å². The molecule has 0 atom stereocenters. The molecule has 3 heterocycles. The fourth-order valence-corrected chi connectivity index (χ4v) is 1.87. The topological polar surface area (TPSA) is 70.1 Å². The van der Waals surface area contributed by atoms with Crippen molar-refractivity contribution >= 4 is 17.8 Å². The van der Waals surface area contributed by atoms with Crippen molar-refractivity contribution in [3.05, 3.63) is 29.5 Å². The molecule has 6 nitrogen and oxygen atoms in total. The standard InChI is InChI=1S/C11H11N6/c1-7-15-16-8(2)17(7)5-9-3-4-12-11-10(9)13-6-14-11/h3-4,6H,5H2,1-2H3. The van der Waals surface area contributed by atoms with Gasteiger partial charge in [-0.25, -0.2) is 15.3 Å². The van der Waals surface area contributed by atoms with Gasteiger partial charge in [-0.1, -0.05) is 0 Å². The normalized spacial score (nSPS) is 12.6. The molecule has 0 saturated heterocycles. The van der Waals surface area contributed by atoms with Crippen LogP contribution in [0.1, 0.15) is 17.2 Å². The van der Waals surface area contributed by atoms with Crippen molar-refractivity contribution < 1.29 is 0 Å². The maximum Gasteiger partial charge on any atom is 0.180 e. The number of hydrogen-bond acceptors (Lipinski definition) is 4. The molecular formula is C11H11N6. The fraction of sp³-hybridized carbons (Fsp3) is 0.273. The summed E-state index contributed by atoms with van der Waals surface area (Å²) in [6.45, 7) is 4.58. The molecular weight excluding hydrogens is 216 g/mol. The molecule has 0 saturated carbocycles. The Bertz CT molecular complexity index is 579. The lowest BCUT2D eigenvalue weighted by Crippen LogP contribution is -2.06. The Balaban J connectivity index is 2.00. The lowest BCUT2D eigenvalue weighted by atomic mass is 10.2. The molecule has 2 aromatic rings. The van der Waals surface area contributed by atoms with Crippen LogP contribution in [0.25, 0.3) is 0 Å². The van der Waals surface area contributed by atoms with Gasteiger partial charge in [-0.15, -0.1) is 10.2 Å². The van der Waals surface area contributed by atoms with Crippen molar-refractivity contribution in [2.75, 3.05) is 0 Å². The zero-order valence-corrected chi connectivity index (χ0v) is 9.62.